The zero-order valence-electron chi connectivity index (χ0n) is 19.8. The van der Waals surface area contributed by atoms with Crippen LogP contribution in [0, 0.1) is 0 Å². The second-order valence-corrected chi connectivity index (χ2v) is 10.1. The molecule has 0 aliphatic heterocycles. The third-order valence-electron chi connectivity index (χ3n) is 5.34. The number of hydrogen-bond acceptors (Lipinski definition) is 2. The smallest absolute Gasteiger partial charge is 0.337 e. The number of benzene rings is 2. The van der Waals surface area contributed by atoms with E-state index >= 15 is 0 Å². The third kappa shape index (κ3) is 9.22. The molecule has 0 fully saturated rings. The van der Waals surface area contributed by atoms with Crippen LogP contribution in [0.2, 0.25) is 15.1 Å². The number of thiocarbonyl (C=S) groups is 1. The molecule has 0 saturated heterocycles. The summed E-state index contributed by atoms with van der Waals surface area (Å²) in [6.07, 6.45) is -16.1. The molecule has 16 heteroatoms. The van der Waals surface area contributed by atoms with E-state index < -0.39 is 82.7 Å². The van der Waals surface area contributed by atoms with Gasteiger partial charge >= 0.3 is 18.5 Å². The number of hydrogen-bond donors (Lipinski definition) is 0. The summed E-state index contributed by atoms with van der Waals surface area (Å²) in [7, 11) is 0.851. The van der Waals surface area contributed by atoms with E-state index in [4.69, 9.17) is 47.0 Å². The second-order valence-electron chi connectivity index (χ2n) is 8.38. The SMILES string of the molecule is CN(CC(F)(F)F)C(=O)CCC(=S)c1ccc(/C(F)=C/C(c2cc(Cl)c(Cl)c(Cl)c2)C(F)(F)F)cc1C(F)(F)F. The Morgan fingerprint density at radius 1 is 0.950 bits per heavy atom. The van der Waals surface area contributed by atoms with Crippen molar-refractivity contribution < 1.29 is 48.7 Å². The summed E-state index contributed by atoms with van der Waals surface area (Å²) in [5.74, 6) is -5.38. The van der Waals surface area contributed by atoms with Gasteiger partial charge in [-0.3, -0.25) is 4.79 Å². The Labute approximate surface area is 241 Å². The molecule has 40 heavy (non-hydrogen) atoms. The van der Waals surface area contributed by atoms with Crippen LogP contribution in [0.3, 0.4) is 0 Å². The molecule has 1 atom stereocenters. The monoisotopic (exact) mass is 661 g/mol. The number of halogens is 13. The molecule has 0 bridgehead atoms. The maximum atomic E-state index is 15.0. The number of rotatable bonds is 8. The van der Waals surface area contributed by atoms with Gasteiger partial charge in [-0.15, -0.1) is 0 Å². The van der Waals surface area contributed by atoms with Crippen LogP contribution in [0.15, 0.2) is 36.4 Å². The van der Waals surface area contributed by atoms with Gasteiger partial charge in [-0.2, -0.15) is 39.5 Å². The number of allylic oxidation sites excluding steroid dienone is 1. The number of nitrogens with zero attached hydrogens (tertiary/aromatic N) is 1. The minimum Gasteiger partial charge on any atom is -0.337 e. The van der Waals surface area contributed by atoms with E-state index in [1.807, 2.05) is 0 Å². The van der Waals surface area contributed by atoms with Crippen molar-refractivity contribution >= 4 is 63.6 Å². The van der Waals surface area contributed by atoms with Crippen molar-refractivity contribution in [2.45, 2.75) is 37.3 Å². The molecule has 0 heterocycles. The molecule has 2 aromatic carbocycles. The van der Waals surface area contributed by atoms with Gasteiger partial charge < -0.3 is 4.90 Å². The molecule has 0 aromatic heterocycles. The van der Waals surface area contributed by atoms with Gasteiger partial charge in [-0.05, 0) is 36.3 Å². The summed E-state index contributed by atoms with van der Waals surface area (Å²) in [5.41, 5.74) is -3.71. The normalized spacial score (nSPS) is 13.8. The van der Waals surface area contributed by atoms with Gasteiger partial charge in [0.15, 0.2) is 0 Å². The Morgan fingerprint density at radius 3 is 1.98 bits per heavy atom. The van der Waals surface area contributed by atoms with E-state index in [2.05, 4.69) is 0 Å². The second kappa shape index (κ2) is 12.8. The first kappa shape index (κ1) is 34.1. The molecular formula is C24H16Cl3F10NOS. The molecular weight excluding hydrogens is 647 g/mol. The number of alkyl halides is 9. The van der Waals surface area contributed by atoms with Crippen molar-refractivity contribution in [3.8, 4) is 0 Å². The number of amides is 1. The predicted octanol–water partition coefficient (Wildman–Crippen LogP) is 9.84. The van der Waals surface area contributed by atoms with E-state index in [9.17, 15) is 48.7 Å². The maximum Gasteiger partial charge on any atom is 0.417 e. The van der Waals surface area contributed by atoms with Crippen molar-refractivity contribution in [2.75, 3.05) is 13.6 Å². The van der Waals surface area contributed by atoms with Crippen molar-refractivity contribution in [2.24, 2.45) is 0 Å². The Morgan fingerprint density at radius 2 is 1.50 bits per heavy atom. The average molecular weight is 663 g/mol. The van der Waals surface area contributed by atoms with Crippen LogP contribution < -0.4 is 0 Å². The number of carbonyl (C=O) groups excluding carboxylic acids is 1. The Hall–Kier alpha value is -2.09. The largest absolute Gasteiger partial charge is 0.417 e. The zero-order chi connectivity index (χ0) is 30.8. The first-order chi connectivity index (χ1) is 18.1. The van der Waals surface area contributed by atoms with Crippen LogP contribution in [-0.2, 0) is 11.0 Å². The summed E-state index contributed by atoms with van der Waals surface area (Å²) in [6.45, 7) is -1.58. The van der Waals surface area contributed by atoms with Gasteiger partial charge in [-0.1, -0.05) is 59.2 Å². The lowest BCUT2D eigenvalue weighted by Crippen LogP contribution is -2.35. The molecule has 0 radical (unpaired) electrons. The molecule has 0 aliphatic rings. The van der Waals surface area contributed by atoms with Crippen molar-refractivity contribution in [3.63, 3.8) is 0 Å². The quantitative estimate of drug-likeness (QED) is 0.121. The lowest BCUT2D eigenvalue weighted by molar-refractivity contribution is -0.158. The highest BCUT2D eigenvalue weighted by molar-refractivity contribution is 7.80. The van der Waals surface area contributed by atoms with Crippen LogP contribution in [0.5, 0.6) is 0 Å². The fourth-order valence-electron chi connectivity index (χ4n) is 3.45. The van der Waals surface area contributed by atoms with Crippen LogP contribution in [0.1, 0.15) is 41.0 Å². The maximum absolute atomic E-state index is 15.0. The topological polar surface area (TPSA) is 20.3 Å². The molecule has 2 nitrogen and oxygen atoms in total. The summed E-state index contributed by atoms with van der Waals surface area (Å²) in [5, 5.41) is -0.993. The van der Waals surface area contributed by atoms with Crippen molar-refractivity contribution in [1.29, 1.82) is 0 Å². The molecule has 0 N–H and O–H groups in total. The molecule has 2 rings (SSSR count). The molecule has 0 spiro atoms. The summed E-state index contributed by atoms with van der Waals surface area (Å²) in [6, 6.07) is 3.26. The van der Waals surface area contributed by atoms with Gasteiger partial charge in [0.1, 0.15) is 18.3 Å². The Kier molecular flexibility index (Phi) is 10.9. The van der Waals surface area contributed by atoms with Crippen LogP contribution in [-0.4, -0.2) is 41.6 Å². The molecule has 2 aromatic rings. The standard InChI is InChI=1S/C24H16Cl3F10NOS/c1-38(10-22(29,30)31)20(39)5-4-19(40)13-3-2-11(6-15(13)24(35,36)37)18(28)9-14(23(32,33)34)12-7-16(25)21(27)17(26)8-12/h2-3,6-9,14H,4-5,10H2,1H3/b18-9-. The molecule has 220 valence electrons. The van der Waals surface area contributed by atoms with Crippen LogP contribution >= 0.6 is 47.0 Å². The van der Waals surface area contributed by atoms with Gasteiger partial charge in [0.2, 0.25) is 5.91 Å². The van der Waals surface area contributed by atoms with E-state index in [-0.39, 0.29) is 27.2 Å². The zero-order valence-corrected chi connectivity index (χ0v) is 22.9. The highest BCUT2D eigenvalue weighted by Crippen LogP contribution is 2.43. The van der Waals surface area contributed by atoms with E-state index in [1.165, 1.54) is 0 Å². The minimum atomic E-state index is -5.16. The highest BCUT2D eigenvalue weighted by atomic mass is 35.5. The van der Waals surface area contributed by atoms with Gasteiger partial charge in [0.25, 0.3) is 0 Å². The van der Waals surface area contributed by atoms with Gasteiger partial charge in [-0.25, -0.2) is 4.39 Å². The molecule has 1 unspecified atom stereocenters. The van der Waals surface area contributed by atoms with Crippen LogP contribution in [0.4, 0.5) is 43.9 Å². The molecule has 0 aliphatic carbocycles. The lowest BCUT2D eigenvalue weighted by atomic mass is 9.94. The molecule has 1 amide bonds. The highest BCUT2D eigenvalue weighted by Gasteiger charge is 2.41. The Balaban J connectivity index is 2.42. The first-order valence-electron chi connectivity index (χ1n) is 10.8. The minimum absolute atomic E-state index is 0.0402. The fraction of sp³-hybridized carbons (Fsp3) is 0.333. The van der Waals surface area contributed by atoms with E-state index in [1.54, 1.807) is 0 Å². The molecule has 0 saturated carbocycles. The summed E-state index contributed by atoms with van der Waals surface area (Å²) >= 11 is 22.2. The predicted molar refractivity (Wildman–Crippen MR) is 135 cm³/mol. The average Bonchev–Trinajstić information content (AvgIpc) is 2.80. The van der Waals surface area contributed by atoms with Gasteiger partial charge in [0.05, 0.1) is 20.6 Å². The Bertz CT molecular complexity index is 1280. The van der Waals surface area contributed by atoms with Crippen molar-refractivity contribution in [1.82, 2.24) is 4.90 Å². The van der Waals surface area contributed by atoms with Crippen molar-refractivity contribution in [3.05, 3.63) is 73.7 Å². The number of carbonyl (C=O) groups is 1. The lowest BCUT2D eigenvalue weighted by Gasteiger charge is -2.20. The van der Waals surface area contributed by atoms with E-state index in [0.29, 0.717) is 11.0 Å². The van der Waals surface area contributed by atoms with E-state index in [0.717, 1.165) is 25.2 Å². The first-order valence-corrected chi connectivity index (χ1v) is 12.3. The summed E-state index contributed by atoms with van der Waals surface area (Å²) in [4.78, 5) is 11.8. The fourth-order valence-corrected chi connectivity index (χ4v) is 4.34. The van der Waals surface area contributed by atoms with Crippen LogP contribution in [0.25, 0.3) is 5.83 Å². The summed E-state index contributed by atoms with van der Waals surface area (Å²) < 4.78 is 135. The third-order valence-corrected chi connectivity index (χ3v) is 6.96. The van der Waals surface area contributed by atoms with Gasteiger partial charge in [0, 0.05) is 29.5 Å².